The molecule has 6 rings (SSSR count). The van der Waals surface area contributed by atoms with E-state index < -0.39 is 45.9 Å². The Morgan fingerprint density at radius 2 is 1.83 bits per heavy atom. The van der Waals surface area contributed by atoms with Gasteiger partial charge in [0, 0.05) is 34.8 Å². The molecule has 16 heteroatoms. The van der Waals surface area contributed by atoms with Gasteiger partial charge in [-0.05, 0) is 61.2 Å². The first-order valence-corrected chi connectivity index (χ1v) is 17.0. The maximum Gasteiger partial charge on any atom is 0.261 e. The summed E-state index contributed by atoms with van der Waals surface area (Å²) in [6, 6.07) is 16.3. The number of rotatable bonds is 9. The highest BCUT2D eigenvalue weighted by Gasteiger charge is 2.53. The van der Waals surface area contributed by atoms with Gasteiger partial charge < -0.3 is 11.1 Å². The first kappa shape index (κ1) is 33.1. The zero-order chi connectivity index (χ0) is 34.4. The summed E-state index contributed by atoms with van der Waals surface area (Å²) in [5, 5.41) is 12.1. The fourth-order valence-electron chi connectivity index (χ4n) is 6.24. The lowest BCUT2D eigenvalue weighted by molar-refractivity contribution is -0.127. The molecule has 0 spiro atoms. The molecule has 4 aromatic rings. The number of halogens is 2. The van der Waals surface area contributed by atoms with Crippen LogP contribution in [0.4, 0.5) is 11.6 Å². The van der Waals surface area contributed by atoms with Gasteiger partial charge >= 0.3 is 0 Å². The third-order valence-corrected chi connectivity index (χ3v) is 10.7. The molecule has 2 unspecified atom stereocenters. The van der Waals surface area contributed by atoms with Crippen molar-refractivity contribution in [3.05, 3.63) is 88.3 Å². The van der Waals surface area contributed by atoms with E-state index in [0.717, 1.165) is 9.87 Å². The van der Waals surface area contributed by atoms with Crippen molar-refractivity contribution in [1.82, 2.24) is 24.2 Å². The number of fused-ring (bicyclic) bond motifs is 1. The second-order valence-electron chi connectivity index (χ2n) is 11.6. The monoisotopic (exact) mass is 706 g/mol. The van der Waals surface area contributed by atoms with Gasteiger partial charge in [-0.2, -0.15) is 9.57 Å². The van der Waals surface area contributed by atoms with E-state index >= 15 is 0 Å². The van der Waals surface area contributed by atoms with Crippen molar-refractivity contribution in [2.24, 2.45) is 5.73 Å². The summed E-state index contributed by atoms with van der Waals surface area (Å²) in [5.41, 5.74) is 6.27. The molecule has 246 valence electrons. The van der Waals surface area contributed by atoms with Crippen molar-refractivity contribution in [3.63, 3.8) is 0 Å². The average Bonchev–Trinajstić information content (AvgIpc) is 3.77. The van der Waals surface area contributed by atoms with Crippen LogP contribution in [-0.4, -0.2) is 64.1 Å². The quantitative estimate of drug-likeness (QED) is 0.265. The molecule has 2 aromatic heterocycles. The van der Waals surface area contributed by atoms with Crippen molar-refractivity contribution in [1.29, 1.82) is 5.26 Å². The zero-order valence-electron chi connectivity index (χ0n) is 25.4. The van der Waals surface area contributed by atoms with Crippen LogP contribution in [0.3, 0.4) is 0 Å². The molecule has 2 aliphatic heterocycles. The zero-order valence-corrected chi connectivity index (χ0v) is 27.8. The Labute approximate surface area is 285 Å². The van der Waals surface area contributed by atoms with Crippen LogP contribution in [0.1, 0.15) is 31.0 Å². The number of imidazole rings is 1. The fraction of sp³-hybridized carbons (Fsp3) is 0.250. The van der Waals surface area contributed by atoms with Crippen LogP contribution in [0, 0.1) is 11.3 Å². The second kappa shape index (κ2) is 12.7. The summed E-state index contributed by atoms with van der Waals surface area (Å²) in [6.45, 7) is 1.22. The van der Waals surface area contributed by atoms with Crippen LogP contribution >= 0.6 is 23.2 Å². The Hall–Kier alpha value is -4.81. The molecule has 0 aliphatic carbocycles. The van der Waals surface area contributed by atoms with E-state index in [-0.39, 0.29) is 51.8 Å². The van der Waals surface area contributed by atoms with Gasteiger partial charge in [0.05, 0.1) is 18.4 Å². The van der Waals surface area contributed by atoms with Gasteiger partial charge in [0.2, 0.25) is 17.8 Å². The van der Waals surface area contributed by atoms with E-state index in [4.69, 9.17) is 28.9 Å². The van der Waals surface area contributed by atoms with Gasteiger partial charge in [-0.1, -0.05) is 47.5 Å². The van der Waals surface area contributed by atoms with Crippen LogP contribution in [-0.2, 0) is 36.4 Å². The maximum atomic E-state index is 14.5. The van der Waals surface area contributed by atoms with E-state index in [2.05, 4.69) is 21.4 Å². The number of sulfonamides is 1. The number of carbonyl (C=O) groups is 3. The highest BCUT2D eigenvalue weighted by Crippen LogP contribution is 2.45. The van der Waals surface area contributed by atoms with Crippen LogP contribution in [0.5, 0.6) is 0 Å². The van der Waals surface area contributed by atoms with Gasteiger partial charge in [-0.3, -0.25) is 19.0 Å². The van der Waals surface area contributed by atoms with E-state index in [0.29, 0.717) is 17.5 Å². The number of nitriles is 1. The SMILES string of the molecule is CC1(Cc2ccc(-c3cccnc3C#N)cc2)C(=O)N(c2cc(Cl)cc(Cl)c2)c2ncc(S(=O)(=O)N3CCCC3C(=O)NCC(N)=O)n21. The fourth-order valence-corrected chi connectivity index (χ4v) is 8.60. The third kappa shape index (κ3) is 5.79. The number of primary amides is 1. The van der Waals surface area contributed by atoms with Gasteiger partial charge in [0.15, 0.2) is 5.03 Å². The highest BCUT2D eigenvalue weighted by molar-refractivity contribution is 7.89. The number of anilines is 2. The predicted octanol–water partition coefficient (Wildman–Crippen LogP) is 3.51. The van der Waals surface area contributed by atoms with Crippen molar-refractivity contribution in [2.75, 3.05) is 18.0 Å². The highest BCUT2D eigenvalue weighted by atomic mass is 35.5. The second-order valence-corrected chi connectivity index (χ2v) is 14.3. The topological polar surface area (TPSA) is 184 Å². The van der Waals surface area contributed by atoms with Gasteiger partial charge in [0.25, 0.3) is 15.9 Å². The summed E-state index contributed by atoms with van der Waals surface area (Å²) in [4.78, 5) is 48.5. The van der Waals surface area contributed by atoms with Gasteiger partial charge in [0.1, 0.15) is 23.3 Å². The molecule has 1 saturated heterocycles. The van der Waals surface area contributed by atoms with Crippen molar-refractivity contribution in [2.45, 2.75) is 42.8 Å². The van der Waals surface area contributed by atoms with Crippen molar-refractivity contribution < 1.29 is 22.8 Å². The van der Waals surface area contributed by atoms with E-state index in [9.17, 15) is 28.1 Å². The summed E-state index contributed by atoms with van der Waals surface area (Å²) in [6.07, 6.45) is 3.37. The smallest absolute Gasteiger partial charge is 0.261 e. The minimum Gasteiger partial charge on any atom is -0.368 e. The standard InChI is InChI=1S/C32H28Cl2N8O5S/c1-32(15-19-6-8-20(9-7-19)24-4-2-10-37-25(24)16-35)30(45)41(23-13-21(33)12-22(34)14-23)31-39-18-28(42(31)32)48(46,47)40-11-3-5-26(40)29(44)38-17-27(36)43/h2,4,6-10,12-14,18,26H,3,5,11,15,17H2,1H3,(H2,36,43)(H,38,44). The molecular formula is C32H28Cl2N8O5S. The van der Waals surface area contributed by atoms with Crippen LogP contribution in [0.15, 0.2) is 72.0 Å². The predicted molar refractivity (Wildman–Crippen MR) is 177 cm³/mol. The molecule has 0 bridgehead atoms. The van der Waals surface area contributed by atoms with E-state index in [1.54, 1.807) is 43.3 Å². The Morgan fingerprint density at radius 1 is 1.12 bits per heavy atom. The number of nitrogens with two attached hydrogens (primary N) is 1. The lowest BCUT2D eigenvalue weighted by Crippen LogP contribution is -2.48. The largest absolute Gasteiger partial charge is 0.368 e. The summed E-state index contributed by atoms with van der Waals surface area (Å²) in [7, 11) is -4.42. The molecule has 2 atom stereocenters. The molecule has 13 nitrogen and oxygen atoms in total. The molecule has 0 radical (unpaired) electrons. The number of nitrogens with one attached hydrogen (secondary N) is 1. The molecule has 3 N–H and O–H groups in total. The molecule has 3 amide bonds. The van der Waals surface area contributed by atoms with Crippen molar-refractivity contribution >= 4 is 62.6 Å². The normalized spacial score (nSPS) is 19.2. The number of aromatic nitrogens is 3. The number of benzene rings is 2. The molecule has 4 heterocycles. The average molecular weight is 708 g/mol. The van der Waals surface area contributed by atoms with Crippen LogP contribution in [0.25, 0.3) is 11.1 Å². The lowest BCUT2D eigenvalue weighted by atomic mass is 9.91. The Bertz CT molecular complexity index is 2090. The molecular weight excluding hydrogens is 679 g/mol. The Morgan fingerprint density at radius 3 is 2.50 bits per heavy atom. The summed E-state index contributed by atoms with van der Waals surface area (Å²) < 4.78 is 31.2. The first-order valence-electron chi connectivity index (χ1n) is 14.8. The minimum absolute atomic E-state index is 0.0268. The number of pyridine rings is 1. The molecule has 48 heavy (non-hydrogen) atoms. The first-order chi connectivity index (χ1) is 22.8. The number of hydrogen-bond acceptors (Lipinski definition) is 8. The van der Waals surface area contributed by atoms with E-state index in [1.165, 1.54) is 40.1 Å². The number of nitrogens with zero attached hydrogens (tertiary/aromatic N) is 6. The van der Waals surface area contributed by atoms with Crippen LogP contribution < -0.4 is 16.0 Å². The van der Waals surface area contributed by atoms with E-state index in [1.807, 2.05) is 0 Å². The number of carbonyl (C=O) groups excluding carboxylic acids is 3. The Kier molecular flexibility index (Phi) is 8.73. The number of hydrogen-bond donors (Lipinski definition) is 2. The number of amides is 3. The lowest BCUT2D eigenvalue weighted by Gasteiger charge is -2.29. The minimum atomic E-state index is -4.42. The third-order valence-electron chi connectivity index (χ3n) is 8.42. The molecule has 2 aromatic carbocycles. The summed E-state index contributed by atoms with van der Waals surface area (Å²) >= 11 is 12.6. The molecule has 0 saturated carbocycles. The van der Waals surface area contributed by atoms with Gasteiger partial charge in [-0.15, -0.1) is 0 Å². The molecule has 2 aliphatic rings. The van der Waals surface area contributed by atoms with Crippen molar-refractivity contribution in [3.8, 4) is 17.2 Å². The summed E-state index contributed by atoms with van der Waals surface area (Å²) in [5.74, 6) is -1.88. The van der Waals surface area contributed by atoms with Gasteiger partial charge in [-0.25, -0.2) is 23.3 Å². The molecule has 1 fully saturated rings. The maximum absolute atomic E-state index is 14.5. The Balaban J connectivity index is 1.43. The van der Waals surface area contributed by atoms with Crippen LogP contribution in [0.2, 0.25) is 10.0 Å².